The van der Waals surface area contributed by atoms with Gasteiger partial charge in [0.15, 0.2) is 5.96 Å². The maximum Gasteiger partial charge on any atom is 0.322 e. The molecule has 1 atom stereocenters. The number of rotatable bonds is 3. The first-order chi connectivity index (χ1) is 12.8. The molecule has 2 aliphatic heterocycles. The first-order valence-electron chi connectivity index (χ1n) is 8.87. The molecule has 0 aliphatic carbocycles. The van der Waals surface area contributed by atoms with E-state index in [0.29, 0.717) is 29.6 Å². The van der Waals surface area contributed by atoms with Gasteiger partial charge in [0.2, 0.25) is 0 Å². The highest BCUT2D eigenvalue weighted by Gasteiger charge is 2.48. The fourth-order valence-electron chi connectivity index (χ4n) is 3.71. The molecule has 10 heteroatoms. The van der Waals surface area contributed by atoms with Crippen molar-refractivity contribution in [3.63, 3.8) is 0 Å². The number of piperidine rings is 1. The normalized spacial score (nSPS) is 23.1. The zero-order valence-corrected chi connectivity index (χ0v) is 18.8. The van der Waals surface area contributed by atoms with E-state index in [2.05, 4.69) is 25.8 Å². The Bertz CT molecular complexity index is 765. The SMILES string of the molecule is CN=C(NCc1c(F)cccc1Cl)N1CCC(C2(C)NC(=O)NC2=O)CC1.I. The van der Waals surface area contributed by atoms with Gasteiger partial charge >= 0.3 is 6.03 Å². The largest absolute Gasteiger partial charge is 0.352 e. The molecule has 3 rings (SSSR count). The number of aliphatic imine (C=N–C) groups is 1. The van der Waals surface area contributed by atoms with E-state index in [4.69, 9.17) is 11.6 Å². The van der Waals surface area contributed by atoms with E-state index in [1.165, 1.54) is 6.07 Å². The number of guanidine groups is 1. The van der Waals surface area contributed by atoms with Gasteiger partial charge in [-0.1, -0.05) is 17.7 Å². The van der Waals surface area contributed by atoms with E-state index in [1.807, 2.05) is 0 Å². The summed E-state index contributed by atoms with van der Waals surface area (Å²) in [5.74, 6) is 0.0554. The van der Waals surface area contributed by atoms with Gasteiger partial charge < -0.3 is 15.5 Å². The topological polar surface area (TPSA) is 85.8 Å². The van der Waals surface area contributed by atoms with Gasteiger partial charge in [-0.2, -0.15) is 0 Å². The summed E-state index contributed by atoms with van der Waals surface area (Å²) < 4.78 is 13.9. The second-order valence-electron chi connectivity index (χ2n) is 6.97. The van der Waals surface area contributed by atoms with Crippen LogP contribution in [-0.2, 0) is 11.3 Å². The third kappa shape index (κ3) is 4.51. The van der Waals surface area contributed by atoms with Crippen LogP contribution in [0, 0.1) is 11.7 Å². The highest BCUT2D eigenvalue weighted by molar-refractivity contribution is 14.0. The van der Waals surface area contributed by atoms with Crippen LogP contribution in [0.1, 0.15) is 25.3 Å². The zero-order chi connectivity index (χ0) is 19.6. The molecule has 0 bridgehead atoms. The number of benzene rings is 1. The first kappa shape index (κ1) is 22.7. The van der Waals surface area contributed by atoms with Crippen LogP contribution in [0.3, 0.4) is 0 Å². The molecule has 0 saturated carbocycles. The Morgan fingerprint density at radius 1 is 1.39 bits per heavy atom. The highest BCUT2D eigenvalue weighted by Crippen LogP contribution is 2.30. The zero-order valence-electron chi connectivity index (χ0n) is 15.7. The van der Waals surface area contributed by atoms with Crippen molar-refractivity contribution in [3.05, 3.63) is 34.6 Å². The Morgan fingerprint density at radius 2 is 2.07 bits per heavy atom. The van der Waals surface area contributed by atoms with Crippen molar-refractivity contribution in [2.75, 3.05) is 20.1 Å². The summed E-state index contributed by atoms with van der Waals surface area (Å²) in [5, 5.41) is 8.58. The maximum atomic E-state index is 13.9. The van der Waals surface area contributed by atoms with Gasteiger partial charge in [0.05, 0.1) is 0 Å². The average molecular weight is 524 g/mol. The molecule has 2 heterocycles. The molecular weight excluding hydrogens is 500 g/mol. The van der Waals surface area contributed by atoms with Crippen LogP contribution in [0.4, 0.5) is 9.18 Å². The van der Waals surface area contributed by atoms with Gasteiger partial charge in [-0.15, -0.1) is 24.0 Å². The molecule has 0 spiro atoms. The molecule has 1 unspecified atom stereocenters. The fraction of sp³-hybridized carbons (Fsp3) is 0.500. The lowest BCUT2D eigenvalue weighted by Gasteiger charge is -2.39. The van der Waals surface area contributed by atoms with E-state index in [-0.39, 0.29) is 48.2 Å². The molecule has 1 aromatic carbocycles. The summed E-state index contributed by atoms with van der Waals surface area (Å²) in [6, 6.07) is 4.15. The Labute approximate surface area is 185 Å². The van der Waals surface area contributed by atoms with Gasteiger partial charge in [-0.3, -0.25) is 15.1 Å². The Balaban J connectivity index is 0.00000280. The quantitative estimate of drug-likeness (QED) is 0.246. The van der Waals surface area contributed by atoms with Crippen molar-refractivity contribution in [2.45, 2.75) is 31.8 Å². The van der Waals surface area contributed by atoms with Crippen LogP contribution in [0.2, 0.25) is 5.02 Å². The molecule has 28 heavy (non-hydrogen) atoms. The van der Waals surface area contributed by atoms with Crippen molar-refractivity contribution >= 4 is 53.5 Å². The van der Waals surface area contributed by atoms with Gasteiger partial charge in [-0.25, -0.2) is 9.18 Å². The minimum atomic E-state index is -0.874. The molecule has 0 radical (unpaired) electrons. The van der Waals surface area contributed by atoms with E-state index >= 15 is 0 Å². The summed E-state index contributed by atoms with van der Waals surface area (Å²) >= 11 is 6.07. The van der Waals surface area contributed by atoms with Crippen molar-refractivity contribution in [3.8, 4) is 0 Å². The van der Waals surface area contributed by atoms with E-state index in [1.54, 1.807) is 26.1 Å². The number of amides is 3. The van der Waals surface area contributed by atoms with Gasteiger partial charge in [-0.05, 0) is 37.8 Å². The predicted molar refractivity (Wildman–Crippen MR) is 116 cm³/mol. The Kier molecular flexibility index (Phi) is 7.49. The number of hydrogen-bond acceptors (Lipinski definition) is 3. The van der Waals surface area contributed by atoms with Gasteiger partial charge in [0.1, 0.15) is 11.4 Å². The number of nitrogens with zero attached hydrogens (tertiary/aromatic N) is 2. The highest BCUT2D eigenvalue weighted by atomic mass is 127. The predicted octanol–water partition coefficient (Wildman–Crippen LogP) is 2.48. The van der Waals surface area contributed by atoms with Crippen LogP contribution in [0.15, 0.2) is 23.2 Å². The molecule has 2 aliphatic rings. The summed E-state index contributed by atoms with van der Waals surface area (Å²) in [5.41, 5.74) is -0.478. The third-order valence-electron chi connectivity index (χ3n) is 5.38. The van der Waals surface area contributed by atoms with Crippen LogP contribution in [-0.4, -0.2) is 48.5 Å². The minimum Gasteiger partial charge on any atom is -0.352 e. The van der Waals surface area contributed by atoms with Gasteiger partial charge in [0, 0.05) is 37.3 Å². The molecule has 2 saturated heterocycles. The third-order valence-corrected chi connectivity index (χ3v) is 5.73. The van der Waals surface area contributed by atoms with E-state index in [9.17, 15) is 14.0 Å². The van der Waals surface area contributed by atoms with Crippen molar-refractivity contribution in [1.82, 2.24) is 20.9 Å². The molecule has 7 nitrogen and oxygen atoms in total. The second-order valence-corrected chi connectivity index (χ2v) is 7.38. The lowest BCUT2D eigenvalue weighted by atomic mass is 9.79. The molecule has 2 fully saturated rings. The Morgan fingerprint density at radius 3 is 2.61 bits per heavy atom. The van der Waals surface area contributed by atoms with Crippen LogP contribution in [0.5, 0.6) is 0 Å². The average Bonchev–Trinajstić information content (AvgIpc) is 2.91. The van der Waals surface area contributed by atoms with Crippen molar-refractivity contribution < 1.29 is 14.0 Å². The molecule has 0 aromatic heterocycles. The number of imide groups is 1. The number of nitrogens with one attached hydrogen (secondary N) is 3. The van der Waals surface area contributed by atoms with Crippen LogP contribution in [0.25, 0.3) is 0 Å². The van der Waals surface area contributed by atoms with Crippen molar-refractivity contribution in [2.24, 2.45) is 10.9 Å². The number of carbonyl (C=O) groups is 2. The van der Waals surface area contributed by atoms with Crippen LogP contribution < -0.4 is 16.0 Å². The fourth-order valence-corrected chi connectivity index (χ4v) is 3.94. The molecular formula is C18H24ClFIN5O2. The number of hydrogen-bond donors (Lipinski definition) is 3. The smallest absolute Gasteiger partial charge is 0.322 e. The number of urea groups is 1. The maximum absolute atomic E-state index is 13.9. The summed E-state index contributed by atoms with van der Waals surface area (Å²) in [6.07, 6.45) is 1.46. The van der Waals surface area contributed by atoms with Crippen molar-refractivity contribution in [1.29, 1.82) is 0 Å². The monoisotopic (exact) mass is 523 g/mol. The standard InChI is InChI=1S/C18H23ClFN5O2.HI/c1-18(15(26)23-17(27)24-18)11-6-8-25(9-7-11)16(21-2)22-10-12-13(19)4-3-5-14(12)20;/h3-5,11H,6-10H2,1-2H3,(H,21,22)(H2,23,24,26,27);1H. The Hall–Kier alpha value is -1.62. The summed E-state index contributed by atoms with van der Waals surface area (Å²) in [6.45, 7) is 3.34. The second kappa shape index (κ2) is 9.25. The van der Waals surface area contributed by atoms with E-state index in [0.717, 1.165) is 12.8 Å². The minimum absolute atomic E-state index is 0. The lowest BCUT2D eigenvalue weighted by molar-refractivity contribution is -0.125. The summed E-state index contributed by atoms with van der Waals surface area (Å²) in [4.78, 5) is 29.9. The lowest BCUT2D eigenvalue weighted by Crippen LogP contribution is -2.55. The number of carbonyl (C=O) groups excluding carboxylic acids is 2. The number of halogens is 3. The van der Waals surface area contributed by atoms with Crippen LogP contribution >= 0.6 is 35.6 Å². The first-order valence-corrected chi connectivity index (χ1v) is 9.25. The van der Waals surface area contributed by atoms with Gasteiger partial charge in [0.25, 0.3) is 5.91 Å². The van der Waals surface area contributed by atoms with E-state index < -0.39 is 11.6 Å². The molecule has 1 aromatic rings. The molecule has 3 amide bonds. The number of likely N-dealkylation sites (tertiary alicyclic amines) is 1. The molecule has 3 N–H and O–H groups in total. The molecule has 154 valence electrons. The summed E-state index contributed by atoms with van der Waals surface area (Å²) in [7, 11) is 1.67.